The molecule has 1 amide bonds. The summed E-state index contributed by atoms with van der Waals surface area (Å²) in [5, 5.41) is 11.3. The van der Waals surface area contributed by atoms with Crippen LogP contribution in [-0.2, 0) is 14.8 Å². The number of sulfonamides is 1. The lowest BCUT2D eigenvalue weighted by Gasteiger charge is -2.09. The van der Waals surface area contributed by atoms with Crippen LogP contribution in [0.2, 0.25) is 0 Å². The highest BCUT2D eigenvalue weighted by Gasteiger charge is 2.31. The molecule has 8 nitrogen and oxygen atoms in total. The van der Waals surface area contributed by atoms with E-state index in [1.54, 1.807) is 0 Å². The predicted octanol–water partition coefficient (Wildman–Crippen LogP) is -0.992. The smallest absolute Gasteiger partial charge is 0.356 e. The number of hydrogen-bond donors (Lipinski definition) is 3. The van der Waals surface area contributed by atoms with Crippen LogP contribution in [0, 0.1) is 0 Å². The van der Waals surface area contributed by atoms with E-state index in [1.807, 2.05) is 0 Å². The summed E-state index contributed by atoms with van der Waals surface area (Å²) in [4.78, 5) is 25.2. The average molecular weight is 291 g/mol. The molecule has 1 atom stereocenters. The van der Waals surface area contributed by atoms with Gasteiger partial charge in [-0.15, -0.1) is 11.3 Å². The topological polar surface area (TPSA) is 125 Å². The zero-order chi connectivity index (χ0) is 13.3. The number of nitrogens with zero attached hydrogens (tertiary/aromatic N) is 1. The van der Waals surface area contributed by atoms with Crippen molar-refractivity contribution >= 4 is 33.2 Å². The maximum atomic E-state index is 11.9. The van der Waals surface area contributed by atoms with Crippen LogP contribution in [0.4, 0.5) is 0 Å². The van der Waals surface area contributed by atoms with E-state index >= 15 is 0 Å². The van der Waals surface area contributed by atoms with Crippen LogP contribution in [-0.4, -0.2) is 43.0 Å². The van der Waals surface area contributed by atoms with Crippen molar-refractivity contribution in [1.29, 1.82) is 0 Å². The zero-order valence-corrected chi connectivity index (χ0v) is 10.5. The van der Waals surface area contributed by atoms with Gasteiger partial charge in [0.1, 0.15) is 0 Å². The molecule has 0 saturated carbocycles. The highest BCUT2D eigenvalue weighted by atomic mass is 32.2. The molecule has 0 radical (unpaired) electrons. The van der Waals surface area contributed by atoms with Crippen molar-refractivity contribution < 1.29 is 23.1 Å². The summed E-state index contributed by atoms with van der Waals surface area (Å²) in [6.45, 7) is 0.194. The Morgan fingerprint density at radius 1 is 1.61 bits per heavy atom. The van der Waals surface area contributed by atoms with Crippen molar-refractivity contribution in [3.8, 4) is 0 Å². The van der Waals surface area contributed by atoms with Gasteiger partial charge in [0.05, 0.1) is 5.51 Å². The number of carbonyl (C=O) groups is 2. The summed E-state index contributed by atoms with van der Waals surface area (Å²) in [6, 6.07) is -0.564. The van der Waals surface area contributed by atoms with Crippen LogP contribution in [0.3, 0.4) is 0 Å². The lowest BCUT2D eigenvalue weighted by atomic mass is 10.3. The largest absolute Gasteiger partial charge is 0.476 e. The van der Waals surface area contributed by atoms with Crippen LogP contribution in [0.25, 0.3) is 0 Å². The first-order valence-corrected chi connectivity index (χ1v) is 7.22. The van der Waals surface area contributed by atoms with Crippen molar-refractivity contribution in [2.45, 2.75) is 16.7 Å². The first kappa shape index (κ1) is 12.9. The Hall–Kier alpha value is -1.52. The number of rotatable bonds is 4. The molecule has 98 valence electrons. The van der Waals surface area contributed by atoms with Gasteiger partial charge in [-0.25, -0.2) is 22.9 Å². The second kappa shape index (κ2) is 4.63. The fourth-order valence-electron chi connectivity index (χ4n) is 1.53. The van der Waals surface area contributed by atoms with Crippen LogP contribution in [0.5, 0.6) is 0 Å². The molecule has 3 N–H and O–H groups in total. The second-order valence-electron chi connectivity index (χ2n) is 3.62. The number of carbonyl (C=O) groups excluding carboxylic acids is 1. The van der Waals surface area contributed by atoms with Crippen molar-refractivity contribution in [2.75, 3.05) is 6.54 Å². The Labute approximate surface area is 106 Å². The first-order chi connectivity index (χ1) is 8.40. The lowest BCUT2D eigenvalue weighted by Crippen LogP contribution is -2.36. The molecule has 1 fully saturated rings. The molecule has 0 spiro atoms. The summed E-state index contributed by atoms with van der Waals surface area (Å²) in [6.07, 6.45) is 0.0421. The molecule has 0 aliphatic carbocycles. The Morgan fingerprint density at radius 2 is 2.33 bits per heavy atom. The van der Waals surface area contributed by atoms with E-state index in [2.05, 4.69) is 15.0 Å². The van der Waals surface area contributed by atoms with Gasteiger partial charge >= 0.3 is 5.97 Å². The third kappa shape index (κ3) is 2.49. The van der Waals surface area contributed by atoms with Gasteiger partial charge in [-0.3, -0.25) is 4.79 Å². The number of hydrogen-bond acceptors (Lipinski definition) is 6. The fraction of sp³-hybridized carbons (Fsp3) is 0.375. The number of nitrogens with one attached hydrogen (secondary N) is 2. The van der Waals surface area contributed by atoms with Crippen LogP contribution < -0.4 is 10.0 Å². The Morgan fingerprint density at radius 3 is 2.89 bits per heavy atom. The maximum absolute atomic E-state index is 11.9. The van der Waals surface area contributed by atoms with Crippen LogP contribution in [0.1, 0.15) is 16.9 Å². The number of carboxylic acid groups (broad SMARTS) is 1. The summed E-state index contributed by atoms with van der Waals surface area (Å²) in [5.41, 5.74) is 0.639. The molecule has 1 aromatic heterocycles. The van der Waals surface area contributed by atoms with E-state index in [0.717, 1.165) is 16.8 Å². The highest BCUT2D eigenvalue weighted by molar-refractivity contribution is 7.91. The van der Waals surface area contributed by atoms with E-state index < -0.39 is 27.7 Å². The minimum atomic E-state index is -3.97. The molecular formula is C8H9N3O5S2. The number of amides is 1. The van der Waals surface area contributed by atoms with Gasteiger partial charge in [-0.1, -0.05) is 0 Å². The van der Waals surface area contributed by atoms with Gasteiger partial charge in [0, 0.05) is 19.0 Å². The quantitative estimate of drug-likeness (QED) is 0.654. The van der Waals surface area contributed by atoms with E-state index in [0.29, 0.717) is 0 Å². The van der Waals surface area contributed by atoms with Crippen LogP contribution in [0.15, 0.2) is 9.72 Å². The van der Waals surface area contributed by atoms with Crippen molar-refractivity contribution in [3.63, 3.8) is 0 Å². The summed E-state index contributed by atoms with van der Waals surface area (Å²) >= 11 is 0.721. The van der Waals surface area contributed by atoms with E-state index in [9.17, 15) is 18.0 Å². The second-order valence-corrected chi connectivity index (χ2v) is 6.38. The van der Waals surface area contributed by atoms with Gasteiger partial charge in [-0.05, 0) is 0 Å². The van der Waals surface area contributed by atoms with Crippen LogP contribution >= 0.6 is 11.3 Å². The fourth-order valence-corrected chi connectivity index (χ4v) is 3.92. The van der Waals surface area contributed by atoms with Crippen molar-refractivity contribution in [3.05, 3.63) is 11.2 Å². The Kier molecular flexibility index (Phi) is 3.32. The summed E-state index contributed by atoms with van der Waals surface area (Å²) in [7, 11) is -3.97. The molecule has 0 aromatic carbocycles. The number of thiazole rings is 1. The third-order valence-electron chi connectivity index (χ3n) is 2.28. The average Bonchev–Trinajstić information content (AvgIpc) is 2.86. The molecule has 18 heavy (non-hydrogen) atoms. The molecule has 1 aliphatic heterocycles. The normalized spacial score (nSPS) is 19.8. The number of aromatic carboxylic acids is 1. The first-order valence-electron chi connectivity index (χ1n) is 4.86. The molecule has 1 unspecified atom stereocenters. The predicted molar refractivity (Wildman–Crippen MR) is 60.8 cm³/mol. The van der Waals surface area contributed by atoms with Crippen molar-refractivity contribution in [2.24, 2.45) is 0 Å². The third-order valence-corrected chi connectivity index (χ3v) is 5.17. The van der Waals surface area contributed by atoms with Gasteiger partial charge in [0.25, 0.3) is 10.0 Å². The van der Waals surface area contributed by atoms with Gasteiger partial charge < -0.3 is 10.4 Å². The van der Waals surface area contributed by atoms with Gasteiger partial charge in [0.15, 0.2) is 9.90 Å². The Bertz CT molecular complexity index is 594. The molecule has 2 rings (SSSR count). The number of carboxylic acids is 1. The SMILES string of the molecule is O=C1CC(NS(=O)(=O)c2scnc2C(=O)O)CN1. The lowest BCUT2D eigenvalue weighted by molar-refractivity contribution is -0.119. The minimum absolute atomic E-state index is 0.0421. The van der Waals surface area contributed by atoms with Gasteiger partial charge in [-0.2, -0.15) is 0 Å². The van der Waals surface area contributed by atoms with E-state index in [-0.39, 0.29) is 23.1 Å². The summed E-state index contributed by atoms with van der Waals surface area (Å²) < 4.78 is 25.8. The standard InChI is InChI=1S/C8H9N3O5S2/c12-5-1-4(2-9-5)11-18(15,16)8-6(7(13)14)10-3-17-8/h3-4,11H,1-2H2,(H,9,12)(H,13,14). The van der Waals surface area contributed by atoms with E-state index in [4.69, 9.17) is 5.11 Å². The zero-order valence-electron chi connectivity index (χ0n) is 8.91. The van der Waals surface area contributed by atoms with Gasteiger partial charge in [0.2, 0.25) is 5.91 Å². The molecule has 10 heteroatoms. The highest BCUT2D eigenvalue weighted by Crippen LogP contribution is 2.20. The molecule has 1 aliphatic rings. The monoisotopic (exact) mass is 291 g/mol. The Balaban J connectivity index is 2.23. The number of aromatic nitrogens is 1. The molecule has 1 saturated heterocycles. The molecule has 0 bridgehead atoms. The van der Waals surface area contributed by atoms with Crippen molar-refractivity contribution in [1.82, 2.24) is 15.0 Å². The minimum Gasteiger partial charge on any atom is -0.476 e. The maximum Gasteiger partial charge on any atom is 0.356 e. The molecule has 1 aromatic rings. The van der Waals surface area contributed by atoms with E-state index in [1.165, 1.54) is 0 Å². The summed E-state index contributed by atoms with van der Waals surface area (Å²) in [5.74, 6) is -1.65. The molecular weight excluding hydrogens is 282 g/mol. The molecule has 2 heterocycles.